The smallest absolute Gasteiger partial charge is 0.0302 e. The van der Waals surface area contributed by atoms with Crippen LogP contribution in [0.4, 0.5) is 0 Å². The SMILES string of the molecule is CC#CCC1=CC1. The van der Waals surface area contributed by atoms with Gasteiger partial charge in [-0.05, 0) is 13.3 Å². The van der Waals surface area contributed by atoms with Crippen molar-refractivity contribution in [2.75, 3.05) is 0 Å². The molecule has 0 spiro atoms. The van der Waals surface area contributed by atoms with Gasteiger partial charge in [0.05, 0.1) is 0 Å². The lowest BCUT2D eigenvalue weighted by atomic mass is 10.3. The predicted octanol–water partition coefficient (Wildman–Crippen LogP) is 1.73. The summed E-state index contributed by atoms with van der Waals surface area (Å²) in [7, 11) is 0. The summed E-state index contributed by atoms with van der Waals surface area (Å²) in [6.45, 7) is 1.88. The average molecular weight is 92.1 g/mol. The third-order valence-electron chi connectivity index (χ3n) is 0.985. The maximum Gasteiger partial charge on any atom is 0.0302 e. The van der Waals surface area contributed by atoms with Gasteiger partial charge in [0.15, 0.2) is 0 Å². The van der Waals surface area contributed by atoms with Crippen LogP contribution in [-0.2, 0) is 0 Å². The number of hydrogen-bond donors (Lipinski definition) is 0. The molecule has 0 nitrogen and oxygen atoms in total. The second-order valence-corrected chi connectivity index (χ2v) is 1.67. The van der Waals surface area contributed by atoms with E-state index < -0.39 is 0 Å². The highest BCUT2D eigenvalue weighted by molar-refractivity contribution is 5.26. The zero-order chi connectivity index (χ0) is 5.11. The molecule has 0 saturated heterocycles. The van der Waals surface area contributed by atoms with Crippen LogP contribution in [0.3, 0.4) is 0 Å². The Hall–Kier alpha value is -0.700. The molecular formula is C7H8. The van der Waals surface area contributed by atoms with Crippen LogP contribution in [0.2, 0.25) is 0 Å². The minimum absolute atomic E-state index is 1.01. The van der Waals surface area contributed by atoms with Gasteiger partial charge in [0.25, 0.3) is 0 Å². The monoisotopic (exact) mass is 92.1 g/mol. The summed E-state index contributed by atoms with van der Waals surface area (Å²) in [6.07, 6.45) is 4.44. The van der Waals surface area contributed by atoms with Crippen molar-refractivity contribution in [1.29, 1.82) is 0 Å². The van der Waals surface area contributed by atoms with E-state index in [1.807, 2.05) is 6.92 Å². The molecule has 0 bridgehead atoms. The highest BCUT2D eigenvalue weighted by atomic mass is 14.1. The molecule has 0 N–H and O–H groups in total. The van der Waals surface area contributed by atoms with E-state index in [0.717, 1.165) is 6.42 Å². The quantitative estimate of drug-likeness (QED) is 0.341. The normalized spacial score (nSPS) is 14.1. The highest BCUT2D eigenvalue weighted by Gasteiger charge is 2.02. The molecule has 1 aliphatic carbocycles. The van der Waals surface area contributed by atoms with Crippen LogP contribution in [-0.4, -0.2) is 0 Å². The maximum absolute atomic E-state index is 2.99. The molecule has 0 aromatic heterocycles. The van der Waals surface area contributed by atoms with Crippen LogP contribution in [0.25, 0.3) is 0 Å². The van der Waals surface area contributed by atoms with Crippen molar-refractivity contribution in [2.45, 2.75) is 19.8 Å². The van der Waals surface area contributed by atoms with E-state index in [4.69, 9.17) is 0 Å². The Labute approximate surface area is 44.2 Å². The van der Waals surface area contributed by atoms with Gasteiger partial charge in [0.1, 0.15) is 0 Å². The van der Waals surface area contributed by atoms with Crippen LogP contribution in [0, 0.1) is 11.8 Å². The largest absolute Gasteiger partial charge is 0.106 e. The molecule has 0 aromatic carbocycles. The molecule has 0 aliphatic heterocycles. The Kier molecular flexibility index (Phi) is 1.17. The van der Waals surface area contributed by atoms with E-state index in [9.17, 15) is 0 Å². The molecule has 1 aliphatic rings. The van der Waals surface area contributed by atoms with Gasteiger partial charge in [-0.25, -0.2) is 0 Å². The molecule has 0 fully saturated rings. The molecule has 0 radical (unpaired) electrons. The first kappa shape index (κ1) is 4.46. The van der Waals surface area contributed by atoms with Gasteiger partial charge < -0.3 is 0 Å². The second kappa shape index (κ2) is 1.84. The molecule has 0 unspecified atom stereocenters. The van der Waals surface area contributed by atoms with Crippen molar-refractivity contribution in [2.24, 2.45) is 0 Å². The summed E-state index contributed by atoms with van der Waals surface area (Å²) < 4.78 is 0. The summed E-state index contributed by atoms with van der Waals surface area (Å²) in [4.78, 5) is 0. The Balaban J connectivity index is 2.18. The van der Waals surface area contributed by atoms with E-state index in [1.165, 1.54) is 12.0 Å². The van der Waals surface area contributed by atoms with E-state index >= 15 is 0 Å². The fourth-order valence-corrected chi connectivity index (χ4v) is 0.418. The number of allylic oxidation sites excluding steroid dienone is 2. The zero-order valence-corrected chi connectivity index (χ0v) is 4.49. The number of rotatable bonds is 1. The van der Waals surface area contributed by atoms with Crippen LogP contribution in [0.15, 0.2) is 11.6 Å². The second-order valence-electron chi connectivity index (χ2n) is 1.67. The molecular weight excluding hydrogens is 84.1 g/mol. The first-order valence-corrected chi connectivity index (χ1v) is 2.51. The summed E-state index contributed by atoms with van der Waals surface area (Å²) in [5.41, 5.74) is 1.51. The van der Waals surface area contributed by atoms with Crippen LogP contribution in [0.1, 0.15) is 19.8 Å². The maximum atomic E-state index is 2.99. The molecule has 7 heavy (non-hydrogen) atoms. The fraction of sp³-hybridized carbons (Fsp3) is 0.429. The third-order valence-corrected chi connectivity index (χ3v) is 0.985. The van der Waals surface area contributed by atoms with Gasteiger partial charge in [-0.2, -0.15) is 0 Å². The molecule has 0 saturated carbocycles. The molecule has 0 heterocycles. The standard InChI is InChI=1S/C7H8/c1-2-3-4-7-5-6-7/h5H,4,6H2,1H3. The van der Waals surface area contributed by atoms with Gasteiger partial charge in [-0.15, -0.1) is 5.92 Å². The molecule has 0 amide bonds. The molecule has 0 heteroatoms. The van der Waals surface area contributed by atoms with Crippen LogP contribution < -0.4 is 0 Å². The van der Waals surface area contributed by atoms with E-state index in [2.05, 4.69) is 17.9 Å². The summed E-state index contributed by atoms with van der Waals surface area (Å²) in [6, 6.07) is 0. The van der Waals surface area contributed by atoms with Crippen LogP contribution >= 0.6 is 0 Å². The molecule has 0 atom stereocenters. The topological polar surface area (TPSA) is 0 Å². The van der Waals surface area contributed by atoms with Crippen molar-refractivity contribution in [3.8, 4) is 11.8 Å². The third kappa shape index (κ3) is 1.45. The van der Waals surface area contributed by atoms with Crippen LogP contribution in [0.5, 0.6) is 0 Å². The first-order valence-electron chi connectivity index (χ1n) is 2.51. The van der Waals surface area contributed by atoms with Gasteiger partial charge >= 0.3 is 0 Å². The van der Waals surface area contributed by atoms with Gasteiger partial charge in [0, 0.05) is 6.42 Å². The molecule has 1 rings (SSSR count). The average Bonchev–Trinajstić information content (AvgIpc) is 2.42. The first-order chi connectivity index (χ1) is 3.43. The fourth-order valence-electron chi connectivity index (χ4n) is 0.418. The van der Waals surface area contributed by atoms with E-state index in [-0.39, 0.29) is 0 Å². The Morgan fingerprint density at radius 2 is 2.57 bits per heavy atom. The van der Waals surface area contributed by atoms with Crippen molar-refractivity contribution in [3.63, 3.8) is 0 Å². The Morgan fingerprint density at radius 3 is 3.00 bits per heavy atom. The zero-order valence-electron chi connectivity index (χ0n) is 4.49. The summed E-state index contributed by atoms with van der Waals surface area (Å²) in [5.74, 6) is 5.84. The lowest BCUT2D eigenvalue weighted by Crippen LogP contribution is -1.56. The lowest BCUT2D eigenvalue weighted by molar-refractivity contribution is 1.33. The van der Waals surface area contributed by atoms with Crippen molar-refractivity contribution < 1.29 is 0 Å². The van der Waals surface area contributed by atoms with Gasteiger partial charge in [-0.3, -0.25) is 0 Å². The number of hydrogen-bond acceptors (Lipinski definition) is 0. The Morgan fingerprint density at radius 1 is 1.86 bits per heavy atom. The van der Waals surface area contributed by atoms with Gasteiger partial charge in [-0.1, -0.05) is 17.6 Å². The lowest BCUT2D eigenvalue weighted by Gasteiger charge is -1.71. The summed E-state index contributed by atoms with van der Waals surface area (Å²) >= 11 is 0. The van der Waals surface area contributed by atoms with E-state index in [0.29, 0.717) is 0 Å². The van der Waals surface area contributed by atoms with Gasteiger partial charge in [0.2, 0.25) is 0 Å². The van der Waals surface area contributed by atoms with E-state index in [1.54, 1.807) is 0 Å². The van der Waals surface area contributed by atoms with Crippen molar-refractivity contribution >= 4 is 0 Å². The molecule has 36 valence electrons. The minimum atomic E-state index is 1.01. The van der Waals surface area contributed by atoms with Crippen molar-refractivity contribution in [3.05, 3.63) is 11.6 Å². The predicted molar refractivity (Wildman–Crippen MR) is 30.8 cm³/mol. The summed E-state index contributed by atoms with van der Waals surface area (Å²) in [5, 5.41) is 0. The highest BCUT2D eigenvalue weighted by Crippen LogP contribution is 2.20. The Bertz CT molecular complexity index is 141. The molecule has 0 aromatic rings. The minimum Gasteiger partial charge on any atom is -0.106 e. The van der Waals surface area contributed by atoms with Crippen molar-refractivity contribution in [1.82, 2.24) is 0 Å².